The monoisotopic (exact) mass is 675 g/mol. The maximum absolute atomic E-state index is 13.7. The van der Waals surface area contributed by atoms with Crippen LogP contribution in [0.4, 0.5) is 14.5 Å². The molecule has 0 radical (unpaired) electrons. The van der Waals surface area contributed by atoms with Gasteiger partial charge in [0, 0.05) is 74.1 Å². The Morgan fingerprint density at radius 1 is 0.980 bits per heavy atom. The van der Waals surface area contributed by atoms with Crippen LogP contribution in [0.1, 0.15) is 58.4 Å². The van der Waals surface area contributed by atoms with Crippen molar-refractivity contribution in [3.8, 4) is 22.6 Å². The summed E-state index contributed by atoms with van der Waals surface area (Å²) in [4.78, 5) is 56.0. The Balaban J connectivity index is 1.04. The lowest BCUT2D eigenvalue weighted by molar-refractivity contribution is -0.136. The molecule has 3 aromatic rings. The second-order valence-corrected chi connectivity index (χ2v) is 13.7. The van der Waals surface area contributed by atoms with E-state index in [9.17, 15) is 28.0 Å². The number of aromatic nitrogens is 1. The molecule has 0 aliphatic carbocycles. The molecule has 1 N–H and O–H groups in total. The third kappa shape index (κ3) is 5.63. The van der Waals surface area contributed by atoms with Crippen LogP contribution in [-0.2, 0) is 29.7 Å². The lowest BCUT2D eigenvalue weighted by Gasteiger charge is -2.49. The number of hydrogen-bond acceptors (Lipinski definition) is 8. The van der Waals surface area contributed by atoms with Gasteiger partial charge >= 0.3 is 0 Å². The molecular weight excluding hydrogens is 636 g/mol. The van der Waals surface area contributed by atoms with Gasteiger partial charge in [-0.15, -0.1) is 0 Å². The van der Waals surface area contributed by atoms with Crippen LogP contribution in [0.5, 0.6) is 11.5 Å². The minimum Gasteiger partial charge on any atom is -0.496 e. The maximum atomic E-state index is 13.7. The van der Waals surface area contributed by atoms with E-state index in [4.69, 9.17) is 9.47 Å². The van der Waals surface area contributed by atoms with E-state index in [1.807, 2.05) is 30.3 Å². The highest BCUT2D eigenvalue weighted by Gasteiger charge is 2.48. The van der Waals surface area contributed by atoms with Crippen molar-refractivity contribution < 1.29 is 32.6 Å². The highest BCUT2D eigenvalue weighted by Crippen LogP contribution is 2.45. The summed E-state index contributed by atoms with van der Waals surface area (Å²) >= 11 is 0. The molecule has 3 fully saturated rings. The zero-order valence-corrected chi connectivity index (χ0v) is 28.0. The van der Waals surface area contributed by atoms with E-state index in [-0.39, 0.29) is 23.7 Å². The molecule has 4 aliphatic heterocycles. The van der Waals surface area contributed by atoms with Gasteiger partial charge in [0.1, 0.15) is 17.5 Å². The van der Waals surface area contributed by atoms with Gasteiger partial charge in [0.25, 0.3) is 17.9 Å². The molecule has 11 nitrogen and oxygen atoms in total. The number of carbonyl (C=O) groups is 3. The fourth-order valence-electron chi connectivity index (χ4n) is 7.92. The smallest absolute Gasteiger partial charge is 0.269 e. The van der Waals surface area contributed by atoms with E-state index in [1.165, 1.54) is 17.7 Å². The molecule has 0 bridgehead atoms. The van der Waals surface area contributed by atoms with E-state index in [1.54, 1.807) is 26.0 Å². The summed E-state index contributed by atoms with van der Waals surface area (Å²) in [6.07, 6.45) is -1.33. The number of carbonyl (C=O) groups excluding carboxylic acids is 3. The predicted molar refractivity (Wildman–Crippen MR) is 177 cm³/mol. The first kappa shape index (κ1) is 32.8. The molecular formula is C36H39F2N5O6. The first-order valence-electron chi connectivity index (χ1n) is 16.4. The number of imide groups is 1. The van der Waals surface area contributed by atoms with E-state index in [0.29, 0.717) is 53.4 Å². The van der Waals surface area contributed by atoms with Crippen molar-refractivity contribution in [1.82, 2.24) is 19.7 Å². The lowest BCUT2D eigenvalue weighted by Crippen LogP contribution is -2.57. The fraction of sp³-hybridized carbons (Fsp3) is 0.444. The predicted octanol–water partition coefficient (Wildman–Crippen LogP) is 3.79. The zero-order chi connectivity index (χ0) is 34.8. The van der Waals surface area contributed by atoms with Crippen molar-refractivity contribution in [2.75, 3.05) is 45.3 Å². The van der Waals surface area contributed by atoms with Crippen molar-refractivity contribution in [3.63, 3.8) is 0 Å². The van der Waals surface area contributed by atoms with Crippen molar-refractivity contribution in [3.05, 3.63) is 74.7 Å². The third-order valence-electron chi connectivity index (χ3n) is 10.7. The highest BCUT2D eigenvalue weighted by molar-refractivity contribution is 6.05. The molecule has 3 amide bonds. The second kappa shape index (κ2) is 12.3. The molecule has 2 aromatic carbocycles. The molecule has 4 aliphatic rings. The van der Waals surface area contributed by atoms with Gasteiger partial charge in [-0.1, -0.05) is 6.07 Å². The number of likely N-dealkylation sites (tertiary alicyclic amines) is 1. The molecule has 1 atom stereocenters. The van der Waals surface area contributed by atoms with Gasteiger partial charge in [-0.2, -0.15) is 0 Å². The highest BCUT2D eigenvalue weighted by atomic mass is 19.3. The topological polar surface area (TPSA) is 113 Å². The molecule has 7 rings (SSSR count). The summed E-state index contributed by atoms with van der Waals surface area (Å²) in [7, 11) is 4.63. The van der Waals surface area contributed by atoms with Crippen LogP contribution in [0.2, 0.25) is 0 Å². The SMILES string of the molecule is COc1cc(-c2cc(C(F)F)c(=O)n(C)c2C)cc(OC)c1CN1CCC2(C1)CN(c1ccc3c(c1)C(=O)N(C1CCC(=O)NC1=O)C3)C2. The Morgan fingerprint density at radius 2 is 1.69 bits per heavy atom. The van der Waals surface area contributed by atoms with Crippen molar-refractivity contribution in [2.45, 2.75) is 51.7 Å². The molecule has 5 heterocycles. The van der Waals surface area contributed by atoms with Crippen LogP contribution in [0.25, 0.3) is 11.1 Å². The summed E-state index contributed by atoms with van der Waals surface area (Å²) in [5.74, 6) is 0.255. The average Bonchev–Trinajstić information content (AvgIpc) is 3.64. The summed E-state index contributed by atoms with van der Waals surface area (Å²) in [6.45, 7) is 6.09. The third-order valence-corrected chi connectivity index (χ3v) is 10.7. The van der Waals surface area contributed by atoms with Crippen LogP contribution in [-0.4, -0.2) is 78.5 Å². The first-order valence-corrected chi connectivity index (χ1v) is 16.4. The number of piperidine rings is 1. The Kier molecular flexibility index (Phi) is 8.21. The summed E-state index contributed by atoms with van der Waals surface area (Å²) < 4.78 is 40.2. The number of benzene rings is 2. The molecule has 3 saturated heterocycles. The van der Waals surface area contributed by atoms with Crippen LogP contribution in [0.15, 0.2) is 41.2 Å². The van der Waals surface area contributed by atoms with Gasteiger partial charge in [0.05, 0.1) is 25.3 Å². The zero-order valence-electron chi connectivity index (χ0n) is 28.0. The lowest BCUT2D eigenvalue weighted by atomic mass is 9.78. The number of fused-ring (bicyclic) bond motifs is 1. The van der Waals surface area contributed by atoms with Crippen molar-refractivity contribution in [1.29, 1.82) is 0 Å². The Morgan fingerprint density at radius 3 is 2.35 bits per heavy atom. The number of ether oxygens (including phenoxy) is 2. The molecule has 1 aromatic heterocycles. The average molecular weight is 676 g/mol. The Labute approximate surface area is 282 Å². The fourth-order valence-corrected chi connectivity index (χ4v) is 7.92. The first-order chi connectivity index (χ1) is 23.4. The largest absolute Gasteiger partial charge is 0.496 e. The second-order valence-electron chi connectivity index (χ2n) is 13.7. The number of halogens is 2. The number of methoxy groups -OCH3 is 2. The summed E-state index contributed by atoms with van der Waals surface area (Å²) in [6, 6.07) is 10.2. The number of nitrogens with one attached hydrogen (secondary N) is 1. The van der Waals surface area contributed by atoms with Gasteiger partial charge in [0.2, 0.25) is 11.8 Å². The van der Waals surface area contributed by atoms with Crippen LogP contribution in [0, 0.1) is 12.3 Å². The Bertz CT molecular complexity index is 1910. The molecule has 13 heteroatoms. The maximum Gasteiger partial charge on any atom is 0.269 e. The number of rotatable bonds is 8. The van der Waals surface area contributed by atoms with Crippen molar-refractivity contribution in [2.24, 2.45) is 12.5 Å². The van der Waals surface area contributed by atoms with Crippen molar-refractivity contribution >= 4 is 23.4 Å². The molecule has 1 spiro atoms. The van der Waals surface area contributed by atoms with Gasteiger partial charge < -0.3 is 23.8 Å². The standard InChI is InChI=1S/C36H39F2N5O6/c1-20-24(14-26(32(37)38)34(46)40(20)2)22-11-29(48-3)27(30(12-22)49-4)16-41-10-9-36(17-41)18-42(19-36)23-6-5-21-15-43(35(47)25(21)13-23)28-7-8-31(44)39-33(28)45/h5-6,11-14,28,32H,7-10,15-19H2,1-4H3,(H,39,44,45). The molecule has 49 heavy (non-hydrogen) atoms. The number of amides is 3. The normalized spacial score (nSPS) is 20.2. The summed E-state index contributed by atoms with van der Waals surface area (Å²) in [5.41, 5.74) is 3.84. The minimum absolute atomic E-state index is 0.0970. The van der Waals surface area contributed by atoms with Crippen LogP contribution >= 0.6 is 0 Å². The van der Waals surface area contributed by atoms with Gasteiger partial charge in [0.15, 0.2) is 0 Å². The minimum atomic E-state index is -2.90. The number of hydrogen-bond donors (Lipinski definition) is 1. The number of anilines is 1. The van der Waals surface area contributed by atoms with Gasteiger partial charge in [-0.3, -0.25) is 29.4 Å². The van der Waals surface area contributed by atoms with Gasteiger partial charge in [-0.25, -0.2) is 8.78 Å². The molecule has 1 unspecified atom stereocenters. The quantitative estimate of drug-likeness (QED) is 0.359. The van der Waals surface area contributed by atoms with E-state index in [0.717, 1.165) is 49.4 Å². The summed E-state index contributed by atoms with van der Waals surface area (Å²) in [5, 5.41) is 2.35. The number of nitrogens with zero attached hydrogens (tertiary/aromatic N) is 4. The van der Waals surface area contributed by atoms with Crippen LogP contribution in [0.3, 0.4) is 0 Å². The molecule has 0 saturated carbocycles. The van der Waals surface area contributed by atoms with E-state index < -0.39 is 29.5 Å². The van der Waals surface area contributed by atoms with E-state index >= 15 is 0 Å². The van der Waals surface area contributed by atoms with E-state index in [2.05, 4.69) is 15.1 Å². The van der Waals surface area contributed by atoms with Gasteiger partial charge in [-0.05, 0) is 67.8 Å². The number of pyridine rings is 1. The number of alkyl halides is 2. The Hall–Kier alpha value is -4.78. The molecule has 258 valence electrons. The van der Waals surface area contributed by atoms with Crippen LogP contribution < -0.4 is 25.2 Å².